The Morgan fingerprint density at radius 2 is 1.91 bits per heavy atom. The third-order valence-electron chi connectivity index (χ3n) is 2.22. The summed E-state index contributed by atoms with van der Waals surface area (Å²) in [4.78, 5) is 0. The topological polar surface area (TPSA) is 35.2 Å². The van der Waals surface area contributed by atoms with Gasteiger partial charge in [-0.25, -0.2) is 0 Å². The zero-order valence-electron chi connectivity index (χ0n) is 8.13. The first-order valence-electron chi connectivity index (χ1n) is 4.40. The Bertz CT molecular complexity index is 89.6. The summed E-state index contributed by atoms with van der Waals surface area (Å²) in [7, 11) is 1.77. The fourth-order valence-corrected chi connectivity index (χ4v) is 1.54. The molecule has 68 valence electrons. The highest BCUT2D eigenvalue weighted by Crippen LogP contribution is 2.17. The van der Waals surface area contributed by atoms with Crippen LogP contribution in [0.2, 0.25) is 0 Å². The quantitative estimate of drug-likeness (QED) is 0.662. The van der Waals surface area contributed by atoms with E-state index in [2.05, 4.69) is 20.8 Å². The highest BCUT2D eigenvalue weighted by Gasteiger charge is 2.20. The lowest BCUT2D eigenvalue weighted by molar-refractivity contribution is 0.0186. The lowest BCUT2D eigenvalue weighted by atomic mass is 9.91. The summed E-state index contributed by atoms with van der Waals surface area (Å²) in [6.07, 6.45) is 1.43. The van der Waals surface area contributed by atoms with E-state index in [1.165, 1.54) is 0 Å². The Labute approximate surface area is 70.1 Å². The van der Waals surface area contributed by atoms with Crippen LogP contribution >= 0.6 is 0 Å². The van der Waals surface area contributed by atoms with Crippen LogP contribution in [0.15, 0.2) is 0 Å². The zero-order valence-corrected chi connectivity index (χ0v) is 8.13. The van der Waals surface area contributed by atoms with Gasteiger partial charge in [0, 0.05) is 7.11 Å². The largest absolute Gasteiger partial charge is 0.381 e. The van der Waals surface area contributed by atoms with Crippen LogP contribution < -0.4 is 5.73 Å². The minimum Gasteiger partial charge on any atom is -0.381 e. The van der Waals surface area contributed by atoms with Crippen LogP contribution in [0.3, 0.4) is 0 Å². The van der Waals surface area contributed by atoms with E-state index in [1.807, 2.05) is 0 Å². The number of nitrogens with two attached hydrogens (primary N) is 1. The number of hydrogen-bond acceptors (Lipinski definition) is 2. The van der Waals surface area contributed by atoms with Crippen molar-refractivity contribution in [3.05, 3.63) is 0 Å². The van der Waals surface area contributed by atoms with Gasteiger partial charge in [0.05, 0.1) is 6.10 Å². The van der Waals surface area contributed by atoms with Crippen LogP contribution in [0, 0.1) is 11.8 Å². The first-order valence-corrected chi connectivity index (χ1v) is 4.40. The summed E-state index contributed by atoms with van der Waals surface area (Å²) in [5.74, 6) is 1.08. The second-order valence-corrected chi connectivity index (χ2v) is 3.35. The van der Waals surface area contributed by atoms with E-state index >= 15 is 0 Å². The van der Waals surface area contributed by atoms with Gasteiger partial charge in [-0.15, -0.1) is 0 Å². The maximum atomic E-state index is 5.62. The zero-order chi connectivity index (χ0) is 8.85. The van der Waals surface area contributed by atoms with E-state index in [4.69, 9.17) is 10.5 Å². The predicted molar refractivity (Wildman–Crippen MR) is 48.5 cm³/mol. The van der Waals surface area contributed by atoms with E-state index < -0.39 is 0 Å². The van der Waals surface area contributed by atoms with Crippen molar-refractivity contribution >= 4 is 0 Å². The van der Waals surface area contributed by atoms with Gasteiger partial charge in [-0.2, -0.15) is 0 Å². The van der Waals surface area contributed by atoms with E-state index in [9.17, 15) is 0 Å². The molecule has 0 spiro atoms. The molecular weight excluding hydrogens is 138 g/mol. The molecule has 0 aromatic carbocycles. The smallest absolute Gasteiger partial charge is 0.0634 e. The fourth-order valence-electron chi connectivity index (χ4n) is 1.54. The molecule has 2 N–H and O–H groups in total. The second-order valence-electron chi connectivity index (χ2n) is 3.35. The molecule has 0 saturated carbocycles. The molecule has 0 aromatic rings. The van der Waals surface area contributed by atoms with Gasteiger partial charge in [0.15, 0.2) is 0 Å². The molecule has 2 unspecified atom stereocenters. The van der Waals surface area contributed by atoms with E-state index in [0.29, 0.717) is 17.9 Å². The molecule has 0 rings (SSSR count). The molecule has 0 saturated heterocycles. The Balaban J connectivity index is 3.98. The van der Waals surface area contributed by atoms with Crippen molar-refractivity contribution in [2.45, 2.75) is 33.3 Å². The number of methoxy groups -OCH3 is 1. The summed E-state index contributed by atoms with van der Waals surface area (Å²) >= 11 is 0. The van der Waals surface area contributed by atoms with Crippen LogP contribution in [0.1, 0.15) is 27.2 Å². The summed E-state index contributed by atoms with van der Waals surface area (Å²) in [6.45, 7) is 7.23. The lowest BCUT2D eigenvalue weighted by Gasteiger charge is -2.26. The average Bonchev–Trinajstić information content (AvgIpc) is 1.99. The molecular formula is C9H21NO. The van der Waals surface area contributed by atoms with Crippen LogP contribution in [0.4, 0.5) is 0 Å². The van der Waals surface area contributed by atoms with Gasteiger partial charge in [-0.1, -0.05) is 20.8 Å². The van der Waals surface area contributed by atoms with Crippen molar-refractivity contribution in [1.82, 2.24) is 0 Å². The van der Waals surface area contributed by atoms with Gasteiger partial charge in [-0.3, -0.25) is 0 Å². The molecule has 0 radical (unpaired) electrons. The fraction of sp³-hybridized carbons (Fsp3) is 1.00. The van der Waals surface area contributed by atoms with Crippen LogP contribution in [0.5, 0.6) is 0 Å². The van der Waals surface area contributed by atoms with Gasteiger partial charge in [0.2, 0.25) is 0 Å². The second kappa shape index (κ2) is 5.56. The van der Waals surface area contributed by atoms with E-state index in [-0.39, 0.29) is 0 Å². The maximum absolute atomic E-state index is 5.62. The number of rotatable bonds is 5. The molecule has 0 amide bonds. The Hall–Kier alpha value is -0.0800. The van der Waals surface area contributed by atoms with Crippen molar-refractivity contribution in [2.24, 2.45) is 17.6 Å². The Morgan fingerprint density at radius 1 is 1.36 bits per heavy atom. The normalized spacial score (nSPS) is 16.9. The molecule has 0 aromatic heterocycles. The minimum atomic E-state index is 0.324. The Morgan fingerprint density at radius 3 is 2.00 bits per heavy atom. The third-order valence-corrected chi connectivity index (χ3v) is 2.22. The number of ether oxygens (including phenoxy) is 1. The third kappa shape index (κ3) is 3.21. The van der Waals surface area contributed by atoms with Gasteiger partial charge in [-0.05, 0) is 24.8 Å². The van der Waals surface area contributed by atoms with Crippen molar-refractivity contribution in [2.75, 3.05) is 13.7 Å². The van der Waals surface area contributed by atoms with Crippen molar-refractivity contribution in [3.63, 3.8) is 0 Å². The summed E-state index contributed by atoms with van der Waals surface area (Å²) in [6, 6.07) is 0. The summed E-state index contributed by atoms with van der Waals surface area (Å²) < 4.78 is 5.38. The lowest BCUT2D eigenvalue weighted by Crippen LogP contribution is -2.33. The first kappa shape index (κ1) is 10.9. The van der Waals surface area contributed by atoms with Crippen LogP contribution in [-0.2, 0) is 4.74 Å². The summed E-state index contributed by atoms with van der Waals surface area (Å²) in [5, 5.41) is 0. The molecule has 0 bridgehead atoms. The molecule has 2 nitrogen and oxygen atoms in total. The SMILES string of the molecule is CCC(CN)C(OC)C(C)C. The highest BCUT2D eigenvalue weighted by atomic mass is 16.5. The van der Waals surface area contributed by atoms with E-state index in [0.717, 1.165) is 13.0 Å². The van der Waals surface area contributed by atoms with Gasteiger partial charge >= 0.3 is 0 Å². The maximum Gasteiger partial charge on any atom is 0.0634 e. The summed E-state index contributed by atoms with van der Waals surface area (Å²) in [5.41, 5.74) is 5.62. The molecule has 0 heterocycles. The molecule has 2 heteroatoms. The van der Waals surface area contributed by atoms with Gasteiger partial charge in [0.1, 0.15) is 0 Å². The van der Waals surface area contributed by atoms with E-state index in [1.54, 1.807) is 7.11 Å². The van der Waals surface area contributed by atoms with Gasteiger partial charge in [0.25, 0.3) is 0 Å². The molecule has 0 fully saturated rings. The number of hydrogen-bond donors (Lipinski definition) is 1. The minimum absolute atomic E-state index is 0.324. The predicted octanol–water partition coefficient (Wildman–Crippen LogP) is 1.64. The Kier molecular flexibility index (Phi) is 5.51. The van der Waals surface area contributed by atoms with Crippen LogP contribution in [0.25, 0.3) is 0 Å². The van der Waals surface area contributed by atoms with Crippen LogP contribution in [-0.4, -0.2) is 19.8 Å². The molecule has 0 aliphatic heterocycles. The molecule has 0 aliphatic carbocycles. The monoisotopic (exact) mass is 159 g/mol. The standard InChI is InChI=1S/C9H21NO/c1-5-8(6-10)9(11-4)7(2)3/h7-9H,5-6,10H2,1-4H3. The van der Waals surface area contributed by atoms with Crippen molar-refractivity contribution in [1.29, 1.82) is 0 Å². The molecule has 2 atom stereocenters. The highest BCUT2D eigenvalue weighted by molar-refractivity contribution is 4.72. The van der Waals surface area contributed by atoms with Gasteiger partial charge < -0.3 is 10.5 Å². The average molecular weight is 159 g/mol. The molecule has 0 aliphatic rings. The van der Waals surface area contributed by atoms with Crippen molar-refractivity contribution < 1.29 is 4.74 Å². The van der Waals surface area contributed by atoms with Crippen molar-refractivity contribution in [3.8, 4) is 0 Å². The first-order chi connectivity index (χ1) is 5.17. The molecule has 11 heavy (non-hydrogen) atoms.